The van der Waals surface area contributed by atoms with E-state index >= 15 is 0 Å². The molecule has 8 heteroatoms. The molecule has 2 aromatic rings. The molecule has 0 bridgehead atoms. The quantitative estimate of drug-likeness (QED) is 0.446. The Morgan fingerprint density at radius 1 is 1.33 bits per heavy atom. The van der Waals surface area contributed by atoms with Crippen LogP contribution in [0.4, 0.5) is 17.3 Å². The Morgan fingerprint density at radius 2 is 2.10 bits per heavy atom. The maximum Gasteiger partial charge on any atom is 0.276 e. The van der Waals surface area contributed by atoms with Crippen molar-refractivity contribution in [2.45, 2.75) is 6.04 Å². The molecule has 108 valence electrons. The number of nitrogens with zero attached hydrogens (tertiary/aromatic N) is 2. The lowest BCUT2D eigenvalue weighted by molar-refractivity contribution is -0.384. The van der Waals surface area contributed by atoms with Crippen molar-refractivity contribution in [2.24, 2.45) is 5.84 Å². The molecule has 3 rings (SSSR count). The molecule has 0 spiro atoms. The number of aromatic nitrogens is 1. The number of hydrazine groups is 1. The van der Waals surface area contributed by atoms with E-state index in [0.29, 0.717) is 12.4 Å². The van der Waals surface area contributed by atoms with Crippen LogP contribution in [0.15, 0.2) is 36.4 Å². The Bertz CT molecular complexity index is 691. The molecule has 1 aliphatic rings. The van der Waals surface area contributed by atoms with Crippen molar-refractivity contribution in [1.29, 1.82) is 0 Å². The molecule has 0 saturated carbocycles. The number of nitro groups is 1. The second-order valence-corrected chi connectivity index (χ2v) is 4.54. The molecule has 21 heavy (non-hydrogen) atoms. The summed E-state index contributed by atoms with van der Waals surface area (Å²) in [6.45, 7) is 0.440. The fraction of sp³-hybridized carbons (Fsp3) is 0.154. The molecule has 1 atom stereocenters. The Morgan fingerprint density at radius 3 is 2.86 bits per heavy atom. The van der Waals surface area contributed by atoms with Gasteiger partial charge in [-0.15, -0.1) is 0 Å². The zero-order valence-electron chi connectivity index (χ0n) is 10.9. The molecule has 0 amide bonds. The number of nitrogens with two attached hydrogens (primary N) is 1. The van der Waals surface area contributed by atoms with Gasteiger partial charge in [0, 0.05) is 5.56 Å². The fourth-order valence-corrected chi connectivity index (χ4v) is 2.23. The summed E-state index contributed by atoms with van der Waals surface area (Å²) >= 11 is 0. The summed E-state index contributed by atoms with van der Waals surface area (Å²) in [4.78, 5) is 14.6. The molecule has 0 aliphatic carbocycles. The van der Waals surface area contributed by atoms with Crippen LogP contribution in [-0.4, -0.2) is 16.5 Å². The standard InChI is InChI=1S/C13H13N5O3/c14-17-13-6-8(18(19)20)5-12(16-13)15-10-7-21-11-4-2-1-3-9(10)11/h1-6,10H,7,14H2,(H2,15,16,17). The number of ether oxygens (including phenoxy) is 1. The Balaban J connectivity index is 1.89. The number of nitrogen functional groups attached to an aromatic ring is 1. The van der Waals surface area contributed by atoms with Crippen LogP contribution in [0.25, 0.3) is 0 Å². The van der Waals surface area contributed by atoms with Gasteiger partial charge in [0.05, 0.1) is 23.1 Å². The number of pyridine rings is 1. The van der Waals surface area contributed by atoms with Crippen molar-refractivity contribution in [3.63, 3.8) is 0 Å². The molecular weight excluding hydrogens is 274 g/mol. The van der Waals surface area contributed by atoms with Crippen LogP contribution in [-0.2, 0) is 0 Å². The second kappa shape index (κ2) is 5.25. The Labute approximate surface area is 120 Å². The van der Waals surface area contributed by atoms with E-state index in [0.717, 1.165) is 11.3 Å². The van der Waals surface area contributed by atoms with Crippen molar-refractivity contribution in [3.8, 4) is 5.75 Å². The van der Waals surface area contributed by atoms with Crippen LogP contribution in [0.1, 0.15) is 11.6 Å². The first-order valence-electron chi connectivity index (χ1n) is 6.29. The number of benzene rings is 1. The van der Waals surface area contributed by atoms with Crippen molar-refractivity contribution in [2.75, 3.05) is 17.3 Å². The molecule has 2 heterocycles. The highest BCUT2D eigenvalue weighted by molar-refractivity contribution is 5.56. The summed E-state index contributed by atoms with van der Waals surface area (Å²) in [5, 5.41) is 14.0. The number of para-hydroxylation sites is 1. The van der Waals surface area contributed by atoms with Gasteiger partial charge >= 0.3 is 0 Å². The highest BCUT2D eigenvalue weighted by atomic mass is 16.6. The minimum absolute atomic E-state index is 0.0901. The van der Waals surface area contributed by atoms with E-state index in [1.165, 1.54) is 12.1 Å². The topological polar surface area (TPSA) is 115 Å². The van der Waals surface area contributed by atoms with E-state index in [-0.39, 0.29) is 17.5 Å². The van der Waals surface area contributed by atoms with Crippen LogP contribution < -0.4 is 21.3 Å². The zero-order valence-corrected chi connectivity index (χ0v) is 10.9. The fourth-order valence-electron chi connectivity index (χ4n) is 2.23. The van der Waals surface area contributed by atoms with E-state index in [1.807, 2.05) is 24.3 Å². The normalized spacial score (nSPS) is 16.0. The predicted molar refractivity (Wildman–Crippen MR) is 77.0 cm³/mol. The van der Waals surface area contributed by atoms with Crippen LogP contribution in [0, 0.1) is 10.1 Å². The molecule has 1 unspecified atom stereocenters. The smallest absolute Gasteiger partial charge is 0.276 e. The maximum absolute atomic E-state index is 10.9. The average Bonchev–Trinajstić information content (AvgIpc) is 2.90. The minimum atomic E-state index is -0.493. The average molecular weight is 287 g/mol. The molecule has 1 aromatic heterocycles. The molecule has 1 aliphatic heterocycles. The lowest BCUT2D eigenvalue weighted by Gasteiger charge is -2.13. The van der Waals surface area contributed by atoms with Gasteiger partial charge < -0.3 is 15.5 Å². The first-order chi connectivity index (χ1) is 10.2. The number of anilines is 2. The number of nitrogens with one attached hydrogen (secondary N) is 2. The third-order valence-electron chi connectivity index (χ3n) is 3.19. The van der Waals surface area contributed by atoms with E-state index in [1.54, 1.807) is 0 Å². The SMILES string of the molecule is NNc1cc([N+](=O)[O-])cc(NC2COc3ccccc32)n1. The van der Waals surface area contributed by atoms with Gasteiger partial charge in [0.25, 0.3) is 5.69 Å². The monoisotopic (exact) mass is 287 g/mol. The van der Waals surface area contributed by atoms with Crippen molar-refractivity contribution in [3.05, 3.63) is 52.1 Å². The Hall–Kier alpha value is -2.87. The highest BCUT2D eigenvalue weighted by Crippen LogP contribution is 2.34. The zero-order chi connectivity index (χ0) is 14.8. The third kappa shape index (κ3) is 2.56. The van der Waals surface area contributed by atoms with Crippen molar-refractivity contribution < 1.29 is 9.66 Å². The lowest BCUT2D eigenvalue weighted by atomic mass is 10.1. The summed E-state index contributed by atoms with van der Waals surface area (Å²) < 4.78 is 5.55. The molecule has 4 N–H and O–H groups in total. The van der Waals surface area contributed by atoms with Crippen molar-refractivity contribution in [1.82, 2.24) is 4.98 Å². The van der Waals surface area contributed by atoms with Gasteiger partial charge in [0.1, 0.15) is 24.0 Å². The first kappa shape index (κ1) is 13.1. The van der Waals surface area contributed by atoms with E-state index < -0.39 is 4.92 Å². The number of hydrogen-bond donors (Lipinski definition) is 3. The van der Waals surface area contributed by atoms with Gasteiger partial charge in [0.15, 0.2) is 0 Å². The van der Waals surface area contributed by atoms with E-state index in [9.17, 15) is 10.1 Å². The van der Waals surface area contributed by atoms with Crippen LogP contribution in [0.3, 0.4) is 0 Å². The summed E-state index contributed by atoms with van der Waals surface area (Å²) in [5.74, 6) is 6.67. The van der Waals surface area contributed by atoms with Crippen LogP contribution in [0.5, 0.6) is 5.75 Å². The van der Waals surface area contributed by atoms with Gasteiger partial charge in [-0.25, -0.2) is 10.8 Å². The predicted octanol–water partition coefficient (Wildman–Crippen LogP) is 1.82. The van der Waals surface area contributed by atoms with Gasteiger partial charge in [-0.3, -0.25) is 10.1 Å². The second-order valence-electron chi connectivity index (χ2n) is 4.54. The lowest BCUT2D eigenvalue weighted by Crippen LogP contribution is -2.15. The molecule has 1 aromatic carbocycles. The summed E-state index contributed by atoms with van der Waals surface area (Å²) in [7, 11) is 0. The van der Waals surface area contributed by atoms with Crippen LogP contribution >= 0.6 is 0 Å². The number of rotatable bonds is 4. The van der Waals surface area contributed by atoms with E-state index in [2.05, 4.69) is 15.7 Å². The summed E-state index contributed by atoms with van der Waals surface area (Å²) in [6.07, 6.45) is 0. The van der Waals surface area contributed by atoms with Crippen LogP contribution in [0.2, 0.25) is 0 Å². The first-order valence-corrected chi connectivity index (χ1v) is 6.29. The molecule has 0 radical (unpaired) electrons. The van der Waals surface area contributed by atoms with Gasteiger partial charge in [-0.2, -0.15) is 0 Å². The molecule has 0 fully saturated rings. The summed E-state index contributed by atoms with van der Waals surface area (Å²) in [5.41, 5.74) is 3.22. The maximum atomic E-state index is 10.9. The van der Waals surface area contributed by atoms with Gasteiger partial charge in [-0.1, -0.05) is 18.2 Å². The largest absolute Gasteiger partial charge is 0.491 e. The highest BCUT2D eigenvalue weighted by Gasteiger charge is 2.24. The van der Waals surface area contributed by atoms with Crippen molar-refractivity contribution >= 4 is 17.3 Å². The number of hydrogen-bond acceptors (Lipinski definition) is 7. The summed E-state index contributed by atoms with van der Waals surface area (Å²) in [6, 6.07) is 10.1. The van der Waals surface area contributed by atoms with Gasteiger partial charge in [-0.05, 0) is 6.07 Å². The molecule has 8 nitrogen and oxygen atoms in total. The molecule has 0 saturated heterocycles. The third-order valence-corrected chi connectivity index (χ3v) is 3.19. The number of fused-ring (bicyclic) bond motifs is 1. The van der Waals surface area contributed by atoms with E-state index in [4.69, 9.17) is 10.6 Å². The van der Waals surface area contributed by atoms with Gasteiger partial charge in [0.2, 0.25) is 0 Å². The minimum Gasteiger partial charge on any atom is -0.491 e. The Kier molecular flexibility index (Phi) is 3.28. The molecular formula is C13H13N5O3.